The number of hydrogen-bond donors (Lipinski definition) is 2. The van der Waals surface area contributed by atoms with Crippen LogP contribution in [0.2, 0.25) is 0 Å². The van der Waals surface area contributed by atoms with Gasteiger partial charge in [-0.2, -0.15) is 0 Å². The number of aromatic nitrogens is 1. The highest BCUT2D eigenvalue weighted by atomic mass is 32.2. The highest BCUT2D eigenvalue weighted by molar-refractivity contribution is 7.92. The minimum atomic E-state index is -4.24. The molecule has 0 unspecified atom stereocenters. The Kier molecular flexibility index (Phi) is 5.50. The van der Waals surface area contributed by atoms with E-state index < -0.39 is 32.5 Å². The number of hydrogen-bond acceptors (Lipinski definition) is 5. The zero-order valence-corrected chi connectivity index (χ0v) is 15.8. The van der Waals surface area contributed by atoms with Crippen molar-refractivity contribution in [2.75, 3.05) is 22.7 Å². The van der Waals surface area contributed by atoms with Crippen molar-refractivity contribution in [3.63, 3.8) is 0 Å². The molecule has 2 aromatic rings. The second-order valence-corrected chi connectivity index (χ2v) is 8.43. The number of benzene rings is 1. The summed E-state index contributed by atoms with van der Waals surface area (Å²) in [5.41, 5.74) is -0.226. The first-order valence-corrected chi connectivity index (χ1v) is 10.1. The summed E-state index contributed by atoms with van der Waals surface area (Å²) >= 11 is 0. The molecule has 0 aliphatic carbocycles. The van der Waals surface area contributed by atoms with Gasteiger partial charge >= 0.3 is 5.97 Å². The fourth-order valence-corrected chi connectivity index (χ4v) is 4.05. The van der Waals surface area contributed by atoms with Crippen LogP contribution in [0.25, 0.3) is 0 Å². The van der Waals surface area contributed by atoms with Crippen molar-refractivity contribution in [2.24, 2.45) is 5.92 Å². The van der Waals surface area contributed by atoms with Crippen molar-refractivity contribution in [1.29, 1.82) is 0 Å². The Morgan fingerprint density at radius 3 is 2.50 bits per heavy atom. The molecule has 0 spiro atoms. The van der Waals surface area contributed by atoms with Crippen molar-refractivity contribution in [3.8, 4) is 0 Å². The monoisotopic (exact) mass is 411 g/mol. The number of halogens is 2. The van der Waals surface area contributed by atoms with E-state index in [0.717, 1.165) is 18.9 Å². The van der Waals surface area contributed by atoms with E-state index >= 15 is 0 Å². The van der Waals surface area contributed by atoms with Crippen LogP contribution in [0.1, 0.15) is 30.1 Å². The summed E-state index contributed by atoms with van der Waals surface area (Å²) in [5.74, 6) is -2.90. The molecule has 1 aliphatic heterocycles. The number of rotatable bonds is 5. The van der Waals surface area contributed by atoms with Crippen LogP contribution in [-0.2, 0) is 10.0 Å². The summed E-state index contributed by atoms with van der Waals surface area (Å²) < 4.78 is 53.3. The standard InChI is InChI=1S/C18H19F2N3O4S/c1-11-4-6-23(7-5-11)17-14(18(24)25)8-12(10-21-17)22-28(26,27)13-2-3-15(19)16(20)9-13/h2-3,8-11,22H,4-7H2,1H3,(H,24,25). The number of nitrogens with one attached hydrogen (secondary N) is 1. The van der Waals surface area contributed by atoms with Crippen LogP contribution in [0, 0.1) is 17.6 Å². The van der Waals surface area contributed by atoms with Gasteiger partial charge in [0.1, 0.15) is 11.4 Å². The molecule has 28 heavy (non-hydrogen) atoms. The van der Waals surface area contributed by atoms with E-state index in [4.69, 9.17) is 0 Å². The van der Waals surface area contributed by atoms with E-state index in [1.165, 1.54) is 12.3 Å². The van der Waals surface area contributed by atoms with Crippen molar-refractivity contribution in [1.82, 2.24) is 4.98 Å². The van der Waals surface area contributed by atoms with Gasteiger partial charge in [-0.05, 0) is 43.0 Å². The number of aromatic carboxylic acids is 1. The Labute approximate surface area is 161 Å². The number of pyridine rings is 1. The van der Waals surface area contributed by atoms with Crippen molar-refractivity contribution in [3.05, 3.63) is 47.7 Å². The van der Waals surface area contributed by atoms with Gasteiger partial charge in [-0.1, -0.05) is 6.92 Å². The summed E-state index contributed by atoms with van der Waals surface area (Å²) in [6, 6.07) is 3.33. The van der Waals surface area contributed by atoms with Gasteiger partial charge in [-0.3, -0.25) is 4.72 Å². The number of carboxylic acids is 1. The minimum absolute atomic E-state index is 0.0868. The molecule has 3 rings (SSSR count). The predicted octanol–water partition coefficient (Wildman–Crippen LogP) is 3.10. The topological polar surface area (TPSA) is 99.6 Å². The number of anilines is 2. The van der Waals surface area contributed by atoms with Gasteiger partial charge in [0.15, 0.2) is 11.6 Å². The first kappa shape index (κ1) is 20.0. The van der Waals surface area contributed by atoms with Crippen LogP contribution in [-0.4, -0.2) is 37.6 Å². The van der Waals surface area contributed by atoms with Gasteiger partial charge in [0.2, 0.25) is 0 Å². The third kappa shape index (κ3) is 4.22. The second kappa shape index (κ2) is 7.70. The van der Waals surface area contributed by atoms with E-state index in [1.807, 2.05) is 4.90 Å². The molecule has 2 heterocycles. The number of nitrogens with zero attached hydrogens (tertiary/aromatic N) is 2. The number of carboxylic acid groups (broad SMARTS) is 1. The van der Waals surface area contributed by atoms with E-state index in [0.29, 0.717) is 31.1 Å². The summed E-state index contributed by atoms with van der Waals surface area (Å²) in [4.78, 5) is 17.2. The average Bonchev–Trinajstić information content (AvgIpc) is 2.64. The Hall–Kier alpha value is -2.75. The Morgan fingerprint density at radius 2 is 1.89 bits per heavy atom. The summed E-state index contributed by atoms with van der Waals surface area (Å²) in [6.07, 6.45) is 3.02. The molecular formula is C18H19F2N3O4S. The normalized spacial score (nSPS) is 15.5. The lowest BCUT2D eigenvalue weighted by atomic mass is 9.99. The van der Waals surface area contributed by atoms with Crippen LogP contribution in [0.4, 0.5) is 20.3 Å². The summed E-state index contributed by atoms with van der Waals surface area (Å²) in [6.45, 7) is 3.45. The molecular weight excluding hydrogens is 392 g/mol. The molecule has 0 radical (unpaired) electrons. The molecule has 1 fully saturated rings. The molecule has 1 saturated heterocycles. The highest BCUT2D eigenvalue weighted by Crippen LogP contribution is 2.27. The Morgan fingerprint density at radius 1 is 1.21 bits per heavy atom. The largest absolute Gasteiger partial charge is 0.478 e. The Balaban J connectivity index is 1.89. The second-order valence-electron chi connectivity index (χ2n) is 6.75. The van der Waals surface area contributed by atoms with E-state index in [2.05, 4.69) is 16.6 Å². The first-order valence-electron chi connectivity index (χ1n) is 8.63. The van der Waals surface area contributed by atoms with Crippen LogP contribution in [0.3, 0.4) is 0 Å². The summed E-state index contributed by atoms with van der Waals surface area (Å²) in [7, 11) is -4.24. The maximum Gasteiger partial charge on any atom is 0.339 e. The molecule has 2 N–H and O–H groups in total. The fraction of sp³-hybridized carbons (Fsp3) is 0.333. The molecule has 0 bridgehead atoms. The molecule has 0 saturated carbocycles. The van der Waals surface area contributed by atoms with Crippen LogP contribution in [0.15, 0.2) is 35.4 Å². The lowest BCUT2D eigenvalue weighted by molar-refractivity contribution is 0.0697. The third-order valence-corrected chi connectivity index (χ3v) is 6.01. The van der Waals surface area contributed by atoms with Gasteiger partial charge in [-0.15, -0.1) is 0 Å². The van der Waals surface area contributed by atoms with E-state index in [9.17, 15) is 27.1 Å². The lowest BCUT2D eigenvalue weighted by Crippen LogP contribution is -2.34. The van der Waals surface area contributed by atoms with Gasteiger partial charge in [0, 0.05) is 13.1 Å². The number of piperidine rings is 1. The molecule has 10 heteroatoms. The Bertz CT molecular complexity index is 1010. The smallest absolute Gasteiger partial charge is 0.339 e. The van der Waals surface area contributed by atoms with Crippen LogP contribution in [0.5, 0.6) is 0 Å². The van der Waals surface area contributed by atoms with Gasteiger partial charge in [0.25, 0.3) is 10.0 Å². The molecule has 1 aromatic carbocycles. The molecule has 0 amide bonds. The quantitative estimate of drug-likeness (QED) is 0.784. The molecule has 7 nitrogen and oxygen atoms in total. The predicted molar refractivity (Wildman–Crippen MR) is 99.0 cm³/mol. The zero-order chi connectivity index (χ0) is 20.5. The molecule has 1 aromatic heterocycles. The van der Waals surface area contributed by atoms with Gasteiger partial charge in [-0.25, -0.2) is 27.0 Å². The third-order valence-electron chi connectivity index (χ3n) is 4.63. The lowest BCUT2D eigenvalue weighted by Gasteiger charge is -2.32. The van der Waals surface area contributed by atoms with Gasteiger partial charge < -0.3 is 10.0 Å². The number of carbonyl (C=O) groups is 1. The van der Waals surface area contributed by atoms with E-state index in [1.54, 1.807) is 0 Å². The maximum absolute atomic E-state index is 13.3. The van der Waals surface area contributed by atoms with E-state index in [-0.39, 0.29) is 17.1 Å². The van der Waals surface area contributed by atoms with Crippen molar-refractivity contribution < 1.29 is 27.1 Å². The highest BCUT2D eigenvalue weighted by Gasteiger charge is 2.24. The fourth-order valence-electron chi connectivity index (χ4n) is 3.00. The van der Waals surface area contributed by atoms with Crippen LogP contribution < -0.4 is 9.62 Å². The SMILES string of the molecule is CC1CCN(c2ncc(NS(=O)(=O)c3ccc(F)c(F)c3)cc2C(=O)O)CC1. The van der Waals surface area contributed by atoms with Crippen molar-refractivity contribution in [2.45, 2.75) is 24.7 Å². The molecule has 0 atom stereocenters. The maximum atomic E-state index is 13.3. The van der Waals surface area contributed by atoms with Crippen molar-refractivity contribution >= 4 is 27.5 Å². The van der Waals surface area contributed by atoms with Gasteiger partial charge in [0.05, 0.1) is 16.8 Å². The zero-order valence-electron chi connectivity index (χ0n) is 15.0. The average molecular weight is 411 g/mol. The van der Waals surface area contributed by atoms with Crippen LogP contribution >= 0.6 is 0 Å². The summed E-state index contributed by atoms with van der Waals surface area (Å²) in [5, 5.41) is 9.52. The minimum Gasteiger partial charge on any atom is -0.478 e. The first-order chi connectivity index (χ1) is 13.2. The molecule has 150 valence electrons. The number of sulfonamides is 1. The molecule has 1 aliphatic rings.